The van der Waals surface area contributed by atoms with E-state index in [0.29, 0.717) is 0 Å². The lowest BCUT2D eigenvalue weighted by Gasteiger charge is -2.31. The summed E-state index contributed by atoms with van der Waals surface area (Å²) in [6, 6.07) is 8.61. The van der Waals surface area contributed by atoms with Gasteiger partial charge in [0.15, 0.2) is 0 Å². The van der Waals surface area contributed by atoms with Crippen molar-refractivity contribution in [3.8, 4) is 0 Å². The van der Waals surface area contributed by atoms with Crippen molar-refractivity contribution in [3.05, 3.63) is 54.1 Å². The number of nitrogens with zero attached hydrogens (tertiary/aromatic N) is 1. The smallest absolute Gasteiger partial charge is 0.0765 e. The second-order valence-electron chi connectivity index (χ2n) is 4.40. The molecule has 1 aromatic rings. The highest BCUT2D eigenvalue weighted by atomic mass is 15.4. The zero-order valence-electron chi connectivity index (χ0n) is 8.72. The van der Waals surface area contributed by atoms with Crippen LogP contribution in [0.15, 0.2) is 48.6 Å². The number of hydrogen-bond acceptors (Lipinski definition) is 2. The Balaban J connectivity index is 2.25. The van der Waals surface area contributed by atoms with Crippen LogP contribution in [0.4, 0.5) is 5.69 Å². The van der Waals surface area contributed by atoms with Crippen molar-refractivity contribution in [1.82, 2.24) is 0 Å². The Morgan fingerprint density at radius 2 is 2.07 bits per heavy atom. The molecule has 0 spiro atoms. The van der Waals surface area contributed by atoms with Crippen LogP contribution in [-0.4, -0.2) is 6.04 Å². The van der Waals surface area contributed by atoms with Crippen LogP contribution < -0.4 is 10.9 Å². The summed E-state index contributed by atoms with van der Waals surface area (Å²) in [7, 11) is 0. The Bertz CT molecular complexity index is 461. The summed E-state index contributed by atoms with van der Waals surface area (Å²) in [6.07, 6.45) is 8.58. The zero-order valence-corrected chi connectivity index (χ0v) is 8.72. The summed E-state index contributed by atoms with van der Waals surface area (Å²) in [6.45, 7) is 2.24. The molecule has 0 radical (unpaired) electrons. The molecular weight excluding hydrogens is 184 g/mol. The molecule has 1 aromatic carbocycles. The van der Waals surface area contributed by atoms with Gasteiger partial charge in [-0.25, -0.2) is 5.84 Å². The van der Waals surface area contributed by atoms with Gasteiger partial charge in [0.25, 0.3) is 0 Å². The Labute approximate surface area is 89.7 Å². The van der Waals surface area contributed by atoms with E-state index in [9.17, 15) is 0 Å². The highest BCUT2D eigenvalue weighted by molar-refractivity contribution is 5.67. The average molecular weight is 198 g/mol. The summed E-state index contributed by atoms with van der Waals surface area (Å²) in [5.41, 5.74) is 2.49. The minimum absolute atomic E-state index is 0.0279. The van der Waals surface area contributed by atoms with Crippen LogP contribution >= 0.6 is 0 Å². The molecule has 0 aromatic heterocycles. The average Bonchev–Trinajstić information content (AvgIpc) is 2.50. The van der Waals surface area contributed by atoms with E-state index in [0.717, 1.165) is 5.69 Å². The number of anilines is 1. The first-order valence-corrected chi connectivity index (χ1v) is 5.23. The number of allylic oxidation sites excluding steroid dienone is 2. The number of fused-ring (bicyclic) bond motifs is 3. The van der Waals surface area contributed by atoms with Crippen LogP contribution in [0.25, 0.3) is 0 Å². The molecule has 2 heteroatoms. The lowest BCUT2D eigenvalue weighted by molar-refractivity contribution is 0.529. The molecule has 2 nitrogen and oxygen atoms in total. The maximum atomic E-state index is 6.13. The molecule has 15 heavy (non-hydrogen) atoms. The molecule has 0 saturated carbocycles. The molecule has 1 aliphatic heterocycles. The van der Waals surface area contributed by atoms with E-state index in [2.05, 4.69) is 49.4 Å². The lowest BCUT2D eigenvalue weighted by Crippen LogP contribution is -2.45. The van der Waals surface area contributed by atoms with Gasteiger partial charge in [-0.1, -0.05) is 42.5 Å². The standard InChI is InChI=1S/C13H14N2/c1-13-9-5-4-8-12(13)15(14)11-7-3-2-6-10(11)13/h2-9,12H,14H2,1H3. The van der Waals surface area contributed by atoms with E-state index in [-0.39, 0.29) is 11.5 Å². The van der Waals surface area contributed by atoms with Gasteiger partial charge in [0.2, 0.25) is 0 Å². The summed E-state index contributed by atoms with van der Waals surface area (Å²) in [5.74, 6) is 6.13. The molecule has 2 atom stereocenters. The number of hydrogen-bond donors (Lipinski definition) is 1. The van der Waals surface area contributed by atoms with Gasteiger partial charge in [-0.15, -0.1) is 0 Å². The van der Waals surface area contributed by atoms with E-state index in [4.69, 9.17) is 5.84 Å². The normalized spacial score (nSPS) is 31.6. The quantitative estimate of drug-likeness (QED) is 0.647. The predicted octanol–water partition coefficient (Wildman–Crippen LogP) is 2.13. The summed E-state index contributed by atoms with van der Waals surface area (Å²) >= 11 is 0. The first kappa shape index (κ1) is 8.74. The first-order valence-electron chi connectivity index (χ1n) is 5.23. The van der Waals surface area contributed by atoms with E-state index < -0.39 is 0 Å². The van der Waals surface area contributed by atoms with Crippen molar-refractivity contribution in [2.45, 2.75) is 18.4 Å². The number of nitrogens with two attached hydrogens (primary N) is 1. The minimum Gasteiger partial charge on any atom is -0.303 e. The van der Waals surface area contributed by atoms with Gasteiger partial charge < -0.3 is 5.01 Å². The van der Waals surface area contributed by atoms with Gasteiger partial charge in [-0.3, -0.25) is 0 Å². The maximum Gasteiger partial charge on any atom is 0.0765 e. The third kappa shape index (κ3) is 0.972. The summed E-state index contributed by atoms with van der Waals surface area (Å²) in [5, 5.41) is 1.87. The molecule has 0 bridgehead atoms. The van der Waals surface area contributed by atoms with E-state index in [1.807, 2.05) is 11.1 Å². The SMILES string of the molecule is CC12C=CC=CC1N(N)c1ccccc12. The van der Waals surface area contributed by atoms with E-state index in [1.165, 1.54) is 5.56 Å². The molecule has 3 rings (SSSR count). The van der Waals surface area contributed by atoms with Crippen LogP contribution in [0, 0.1) is 0 Å². The van der Waals surface area contributed by atoms with Crippen molar-refractivity contribution in [3.63, 3.8) is 0 Å². The Hall–Kier alpha value is -1.54. The van der Waals surface area contributed by atoms with Crippen molar-refractivity contribution < 1.29 is 0 Å². The number of hydrazine groups is 1. The summed E-state index contributed by atoms with van der Waals surface area (Å²) < 4.78 is 0. The predicted molar refractivity (Wildman–Crippen MR) is 62.5 cm³/mol. The fourth-order valence-electron chi connectivity index (χ4n) is 2.66. The van der Waals surface area contributed by atoms with Gasteiger partial charge in [0.05, 0.1) is 11.7 Å². The van der Waals surface area contributed by atoms with Gasteiger partial charge in [-0.05, 0) is 18.6 Å². The fraction of sp³-hybridized carbons (Fsp3) is 0.231. The summed E-state index contributed by atoms with van der Waals surface area (Å²) in [4.78, 5) is 0. The second-order valence-corrected chi connectivity index (χ2v) is 4.40. The van der Waals surface area contributed by atoms with Crippen LogP contribution in [0.3, 0.4) is 0 Å². The Morgan fingerprint density at radius 1 is 1.27 bits per heavy atom. The number of rotatable bonds is 0. The number of para-hydroxylation sites is 1. The van der Waals surface area contributed by atoms with Crippen LogP contribution in [0.1, 0.15) is 12.5 Å². The number of benzene rings is 1. The second kappa shape index (κ2) is 2.74. The molecule has 2 unspecified atom stereocenters. The van der Waals surface area contributed by atoms with Crippen molar-refractivity contribution >= 4 is 5.69 Å². The zero-order chi connectivity index (χ0) is 10.5. The fourth-order valence-corrected chi connectivity index (χ4v) is 2.66. The molecule has 1 heterocycles. The molecular formula is C13H14N2. The largest absolute Gasteiger partial charge is 0.303 e. The highest BCUT2D eigenvalue weighted by Gasteiger charge is 2.44. The van der Waals surface area contributed by atoms with Gasteiger partial charge >= 0.3 is 0 Å². The third-order valence-electron chi connectivity index (χ3n) is 3.52. The van der Waals surface area contributed by atoms with E-state index in [1.54, 1.807) is 0 Å². The minimum atomic E-state index is 0.0279. The van der Waals surface area contributed by atoms with Crippen LogP contribution in [-0.2, 0) is 5.41 Å². The topological polar surface area (TPSA) is 29.3 Å². The van der Waals surface area contributed by atoms with Crippen molar-refractivity contribution in [1.29, 1.82) is 0 Å². The highest BCUT2D eigenvalue weighted by Crippen LogP contribution is 2.46. The molecule has 0 amide bonds. The Kier molecular flexibility index (Phi) is 1.59. The van der Waals surface area contributed by atoms with E-state index >= 15 is 0 Å². The first-order chi connectivity index (χ1) is 7.23. The van der Waals surface area contributed by atoms with Gasteiger partial charge in [-0.2, -0.15) is 0 Å². The van der Waals surface area contributed by atoms with Crippen LogP contribution in [0.2, 0.25) is 0 Å². The molecule has 76 valence electrons. The molecule has 0 saturated heterocycles. The lowest BCUT2D eigenvalue weighted by atomic mass is 9.76. The molecule has 2 N–H and O–H groups in total. The van der Waals surface area contributed by atoms with Crippen LogP contribution in [0.5, 0.6) is 0 Å². The molecule has 2 aliphatic rings. The van der Waals surface area contributed by atoms with Gasteiger partial charge in [0.1, 0.15) is 0 Å². The molecule has 0 fully saturated rings. The van der Waals surface area contributed by atoms with Crippen molar-refractivity contribution in [2.24, 2.45) is 5.84 Å². The maximum absolute atomic E-state index is 6.13. The Morgan fingerprint density at radius 3 is 2.93 bits per heavy atom. The monoisotopic (exact) mass is 198 g/mol. The van der Waals surface area contributed by atoms with Crippen molar-refractivity contribution in [2.75, 3.05) is 5.01 Å². The molecule has 1 aliphatic carbocycles. The van der Waals surface area contributed by atoms with Gasteiger partial charge in [0, 0.05) is 5.41 Å². The third-order valence-corrected chi connectivity index (χ3v) is 3.52.